The van der Waals surface area contributed by atoms with Crippen LogP contribution >= 0.6 is 0 Å². The number of amides is 1. The number of anilines is 1. The molecule has 154 valence electrons. The summed E-state index contributed by atoms with van der Waals surface area (Å²) in [5.74, 6) is -0.676. The second-order valence-corrected chi connectivity index (χ2v) is 8.84. The van der Waals surface area contributed by atoms with Gasteiger partial charge in [0.2, 0.25) is 15.9 Å². The lowest BCUT2D eigenvalue weighted by atomic mass is 10.1. The molecule has 1 aliphatic heterocycles. The third kappa shape index (κ3) is 5.21. The molecule has 1 heterocycles. The van der Waals surface area contributed by atoms with Crippen molar-refractivity contribution in [2.45, 2.75) is 30.6 Å². The van der Waals surface area contributed by atoms with Crippen molar-refractivity contribution < 1.29 is 22.7 Å². The Bertz CT molecular complexity index is 963. The number of carbonyl (C=O) groups is 2. The Morgan fingerprint density at radius 1 is 0.966 bits per heavy atom. The molecule has 0 saturated carbocycles. The predicted octanol–water partition coefficient (Wildman–Crippen LogP) is 2.83. The van der Waals surface area contributed by atoms with E-state index in [9.17, 15) is 18.0 Å². The Morgan fingerprint density at radius 3 is 2.17 bits per heavy atom. The lowest BCUT2D eigenvalue weighted by Gasteiger charge is -2.25. The SMILES string of the molecule is COC(=O)c1ccc(NC(=O)Cc2ccc(S(=O)(=O)N3CCCCC3)cc2)cc1. The van der Waals surface area contributed by atoms with Gasteiger partial charge in [-0.05, 0) is 54.8 Å². The van der Waals surface area contributed by atoms with E-state index in [1.807, 2.05) is 0 Å². The van der Waals surface area contributed by atoms with Gasteiger partial charge in [-0.2, -0.15) is 4.31 Å². The number of esters is 1. The van der Waals surface area contributed by atoms with Crippen molar-refractivity contribution in [3.05, 3.63) is 59.7 Å². The van der Waals surface area contributed by atoms with Crippen LogP contribution in [0.15, 0.2) is 53.4 Å². The maximum atomic E-state index is 12.7. The van der Waals surface area contributed by atoms with Gasteiger partial charge in [-0.3, -0.25) is 4.79 Å². The number of carbonyl (C=O) groups excluding carboxylic acids is 2. The van der Waals surface area contributed by atoms with Crippen molar-refractivity contribution in [3.63, 3.8) is 0 Å². The number of ether oxygens (including phenoxy) is 1. The van der Waals surface area contributed by atoms with Crippen LogP contribution in [0.4, 0.5) is 5.69 Å². The summed E-state index contributed by atoms with van der Waals surface area (Å²) in [5, 5.41) is 2.75. The normalized spacial score (nSPS) is 14.9. The van der Waals surface area contributed by atoms with Gasteiger partial charge in [-0.25, -0.2) is 13.2 Å². The molecule has 0 atom stereocenters. The third-order valence-corrected chi connectivity index (χ3v) is 6.74. The minimum atomic E-state index is -3.47. The first-order valence-corrected chi connectivity index (χ1v) is 10.9. The quantitative estimate of drug-likeness (QED) is 0.731. The molecule has 0 aliphatic carbocycles. The lowest BCUT2D eigenvalue weighted by molar-refractivity contribution is -0.115. The van der Waals surface area contributed by atoms with Gasteiger partial charge >= 0.3 is 5.97 Å². The molecule has 0 radical (unpaired) electrons. The van der Waals surface area contributed by atoms with Gasteiger partial charge in [0.15, 0.2) is 0 Å². The van der Waals surface area contributed by atoms with Crippen molar-refractivity contribution in [2.75, 3.05) is 25.5 Å². The van der Waals surface area contributed by atoms with Crippen LogP contribution in [-0.2, 0) is 26.0 Å². The van der Waals surface area contributed by atoms with Gasteiger partial charge in [-0.15, -0.1) is 0 Å². The number of sulfonamides is 1. The summed E-state index contributed by atoms with van der Waals surface area (Å²) in [6.07, 6.45) is 2.95. The average Bonchev–Trinajstić information content (AvgIpc) is 2.74. The van der Waals surface area contributed by atoms with E-state index in [1.54, 1.807) is 48.5 Å². The minimum Gasteiger partial charge on any atom is -0.465 e. The third-order valence-electron chi connectivity index (χ3n) is 4.83. The first kappa shape index (κ1) is 21.0. The molecule has 8 heteroatoms. The molecular formula is C21H24N2O5S. The number of nitrogens with one attached hydrogen (secondary N) is 1. The topological polar surface area (TPSA) is 92.8 Å². The number of rotatable bonds is 6. The lowest BCUT2D eigenvalue weighted by Crippen LogP contribution is -2.35. The average molecular weight is 416 g/mol. The Kier molecular flexibility index (Phi) is 6.66. The molecule has 0 spiro atoms. The highest BCUT2D eigenvalue weighted by Gasteiger charge is 2.25. The zero-order chi connectivity index (χ0) is 20.9. The van der Waals surface area contributed by atoms with Crippen LogP contribution in [0, 0.1) is 0 Å². The van der Waals surface area contributed by atoms with Crippen LogP contribution < -0.4 is 5.32 Å². The van der Waals surface area contributed by atoms with Crippen molar-refractivity contribution in [1.29, 1.82) is 0 Å². The van der Waals surface area contributed by atoms with Gasteiger partial charge < -0.3 is 10.1 Å². The van der Waals surface area contributed by atoms with E-state index in [0.717, 1.165) is 19.3 Å². The van der Waals surface area contributed by atoms with Crippen LogP contribution in [0.3, 0.4) is 0 Å². The van der Waals surface area contributed by atoms with E-state index in [-0.39, 0.29) is 17.2 Å². The number of hydrogen-bond acceptors (Lipinski definition) is 5. The molecule has 29 heavy (non-hydrogen) atoms. The van der Waals surface area contributed by atoms with E-state index in [4.69, 9.17) is 0 Å². The minimum absolute atomic E-state index is 0.114. The Morgan fingerprint density at radius 2 is 1.59 bits per heavy atom. The van der Waals surface area contributed by atoms with Crippen LogP contribution in [0.5, 0.6) is 0 Å². The Balaban J connectivity index is 1.60. The zero-order valence-electron chi connectivity index (χ0n) is 16.3. The molecule has 2 aromatic carbocycles. The highest BCUT2D eigenvalue weighted by molar-refractivity contribution is 7.89. The highest BCUT2D eigenvalue weighted by Crippen LogP contribution is 2.21. The van der Waals surface area contributed by atoms with Gasteiger partial charge in [0.05, 0.1) is 24.0 Å². The van der Waals surface area contributed by atoms with Crippen LogP contribution in [0.2, 0.25) is 0 Å². The van der Waals surface area contributed by atoms with E-state index >= 15 is 0 Å². The van der Waals surface area contributed by atoms with E-state index < -0.39 is 16.0 Å². The summed E-state index contributed by atoms with van der Waals surface area (Å²) in [6.45, 7) is 1.11. The molecule has 1 fully saturated rings. The van der Waals surface area contributed by atoms with Gasteiger partial charge in [-0.1, -0.05) is 18.6 Å². The van der Waals surface area contributed by atoms with Crippen molar-refractivity contribution in [2.24, 2.45) is 0 Å². The standard InChI is InChI=1S/C21H24N2O5S/c1-28-21(25)17-7-9-18(10-8-17)22-20(24)15-16-5-11-19(12-6-16)29(26,27)23-13-3-2-4-14-23/h5-12H,2-4,13-15H2,1H3,(H,22,24). The number of benzene rings is 2. The molecule has 0 aromatic heterocycles. The van der Waals surface area contributed by atoms with E-state index in [0.29, 0.717) is 29.9 Å². The van der Waals surface area contributed by atoms with Gasteiger partial charge in [0.25, 0.3) is 0 Å². The second kappa shape index (κ2) is 9.19. The predicted molar refractivity (Wildman–Crippen MR) is 109 cm³/mol. The number of nitrogens with zero attached hydrogens (tertiary/aromatic N) is 1. The molecule has 1 amide bonds. The maximum Gasteiger partial charge on any atom is 0.337 e. The van der Waals surface area contributed by atoms with Crippen molar-refractivity contribution in [3.8, 4) is 0 Å². The van der Waals surface area contributed by atoms with Crippen molar-refractivity contribution >= 4 is 27.6 Å². The molecule has 0 unspecified atom stereocenters. The van der Waals surface area contributed by atoms with Crippen LogP contribution in [0.1, 0.15) is 35.2 Å². The summed E-state index contributed by atoms with van der Waals surface area (Å²) < 4.78 is 31.5. The molecular weight excluding hydrogens is 392 g/mol. The summed E-state index contributed by atoms with van der Waals surface area (Å²) in [6, 6.07) is 12.8. The first-order chi connectivity index (χ1) is 13.9. The molecule has 1 aliphatic rings. The molecule has 0 bridgehead atoms. The van der Waals surface area contributed by atoms with E-state index in [2.05, 4.69) is 10.1 Å². The summed E-state index contributed by atoms with van der Waals surface area (Å²) in [7, 11) is -2.17. The summed E-state index contributed by atoms with van der Waals surface area (Å²) >= 11 is 0. The van der Waals surface area contributed by atoms with Crippen LogP contribution in [0.25, 0.3) is 0 Å². The highest BCUT2D eigenvalue weighted by atomic mass is 32.2. The van der Waals surface area contributed by atoms with Gasteiger partial charge in [0, 0.05) is 18.8 Å². The maximum absolute atomic E-state index is 12.7. The molecule has 1 saturated heterocycles. The fraction of sp³-hybridized carbons (Fsp3) is 0.333. The number of hydrogen-bond donors (Lipinski definition) is 1. The van der Waals surface area contributed by atoms with Gasteiger partial charge in [0.1, 0.15) is 0 Å². The fourth-order valence-corrected chi connectivity index (χ4v) is 4.75. The van der Waals surface area contributed by atoms with Crippen molar-refractivity contribution in [1.82, 2.24) is 4.31 Å². The van der Waals surface area contributed by atoms with E-state index in [1.165, 1.54) is 11.4 Å². The monoisotopic (exact) mass is 416 g/mol. The molecule has 3 rings (SSSR count). The second-order valence-electron chi connectivity index (χ2n) is 6.90. The molecule has 7 nitrogen and oxygen atoms in total. The molecule has 2 aromatic rings. The fourth-order valence-electron chi connectivity index (χ4n) is 3.23. The smallest absolute Gasteiger partial charge is 0.337 e. The number of piperidine rings is 1. The van der Waals surface area contributed by atoms with Crippen LogP contribution in [-0.4, -0.2) is 44.8 Å². The molecule has 1 N–H and O–H groups in total. The zero-order valence-corrected chi connectivity index (χ0v) is 17.1. The Hall–Kier alpha value is -2.71. The first-order valence-electron chi connectivity index (χ1n) is 9.47. The summed E-state index contributed by atoms with van der Waals surface area (Å²) in [4.78, 5) is 23.9. The summed E-state index contributed by atoms with van der Waals surface area (Å²) in [5.41, 5.74) is 1.68. The number of methoxy groups -OCH3 is 1. The Labute approximate surface area is 170 Å². The largest absolute Gasteiger partial charge is 0.465 e.